The Kier molecular flexibility index (Phi) is 4.85. The predicted molar refractivity (Wildman–Crippen MR) is 83.3 cm³/mol. The summed E-state index contributed by atoms with van der Waals surface area (Å²) < 4.78 is 10.7. The van der Waals surface area contributed by atoms with E-state index < -0.39 is 49.1 Å². The number of ether oxygens (including phenoxy) is 2. The Bertz CT molecular complexity index is 693. The maximum Gasteiger partial charge on any atom is 0.262 e. The Hall–Kier alpha value is -2.28. The van der Waals surface area contributed by atoms with E-state index in [1.54, 1.807) is 12.1 Å². The van der Waals surface area contributed by atoms with Gasteiger partial charge in [-0.05, 0) is 12.1 Å². The van der Waals surface area contributed by atoms with Crippen LogP contribution in [0, 0.1) is 12.3 Å². The summed E-state index contributed by atoms with van der Waals surface area (Å²) in [5.74, 6) is 0.972. The highest BCUT2D eigenvalue weighted by molar-refractivity contribution is 6.21. The molecule has 8 nitrogen and oxygen atoms in total. The minimum atomic E-state index is -1.57. The third-order valence-corrected chi connectivity index (χ3v) is 4.30. The first-order valence-electron chi connectivity index (χ1n) is 7.65. The number of terminal acetylenes is 1. The number of aliphatic hydroxyl groups excluding tert-OH is 3. The Morgan fingerprint density at radius 1 is 1.16 bits per heavy atom. The van der Waals surface area contributed by atoms with Crippen LogP contribution in [0.2, 0.25) is 0 Å². The molecule has 0 spiro atoms. The zero-order valence-corrected chi connectivity index (χ0v) is 13.1. The van der Waals surface area contributed by atoms with Crippen LogP contribution in [0.15, 0.2) is 24.3 Å². The van der Waals surface area contributed by atoms with Crippen LogP contribution in [0.25, 0.3) is 0 Å². The van der Waals surface area contributed by atoms with Gasteiger partial charge in [-0.25, -0.2) is 0 Å². The number of amides is 2. The summed E-state index contributed by atoms with van der Waals surface area (Å²) >= 11 is 0. The third-order valence-electron chi connectivity index (χ3n) is 4.30. The van der Waals surface area contributed by atoms with Crippen molar-refractivity contribution in [3.63, 3.8) is 0 Å². The van der Waals surface area contributed by atoms with Crippen LogP contribution in [0.4, 0.5) is 0 Å². The number of rotatable bonds is 4. The van der Waals surface area contributed by atoms with Crippen molar-refractivity contribution >= 4 is 11.8 Å². The fraction of sp³-hybridized carbons (Fsp3) is 0.412. The molecule has 0 aliphatic carbocycles. The fourth-order valence-corrected chi connectivity index (χ4v) is 3.09. The minimum Gasteiger partial charge on any atom is -0.394 e. The highest BCUT2D eigenvalue weighted by Crippen LogP contribution is 2.32. The van der Waals surface area contributed by atoms with Crippen molar-refractivity contribution in [3.05, 3.63) is 35.4 Å². The van der Waals surface area contributed by atoms with Crippen molar-refractivity contribution in [1.82, 2.24) is 4.90 Å². The van der Waals surface area contributed by atoms with E-state index in [1.807, 2.05) is 0 Å². The first-order chi connectivity index (χ1) is 12.0. The van der Waals surface area contributed by atoms with E-state index in [4.69, 9.17) is 15.9 Å². The van der Waals surface area contributed by atoms with E-state index in [2.05, 4.69) is 5.92 Å². The summed E-state index contributed by atoms with van der Waals surface area (Å²) in [6.45, 7) is -0.783. The lowest BCUT2D eigenvalue weighted by molar-refractivity contribution is -0.275. The molecule has 1 fully saturated rings. The maximum absolute atomic E-state index is 12.6. The van der Waals surface area contributed by atoms with Gasteiger partial charge in [-0.2, -0.15) is 0 Å². The first-order valence-corrected chi connectivity index (χ1v) is 7.65. The van der Waals surface area contributed by atoms with E-state index >= 15 is 0 Å². The number of hydrogen-bond donors (Lipinski definition) is 3. The molecule has 1 saturated heterocycles. The Morgan fingerprint density at radius 2 is 1.76 bits per heavy atom. The van der Waals surface area contributed by atoms with E-state index in [9.17, 15) is 24.9 Å². The lowest BCUT2D eigenvalue weighted by Crippen LogP contribution is -2.65. The fourth-order valence-electron chi connectivity index (χ4n) is 3.09. The van der Waals surface area contributed by atoms with Gasteiger partial charge in [-0.3, -0.25) is 14.5 Å². The molecule has 132 valence electrons. The normalized spacial score (nSPS) is 31.8. The van der Waals surface area contributed by atoms with Gasteiger partial charge >= 0.3 is 0 Å². The lowest BCUT2D eigenvalue weighted by Gasteiger charge is -2.44. The van der Waals surface area contributed by atoms with Crippen LogP contribution >= 0.6 is 0 Å². The zero-order valence-electron chi connectivity index (χ0n) is 13.1. The van der Waals surface area contributed by atoms with Crippen LogP contribution in [0.5, 0.6) is 0 Å². The van der Waals surface area contributed by atoms with E-state index in [-0.39, 0.29) is 17.7 Å². The summed E-state index contributed by atoms with van der Waals surface area (Å²) in [7, 11) is 0. The molecule has 0 aromatic heterocycles. The average molecular weight is 347 g/mol. The summed E-state index contributed by atoms with van der Waals surface area (Å²) in [4.78, 5) is 26.1. The second-order valence-electron chi connectivity index (χ2n) is 5.74. The topological polar surface area (TPSA) is 117 Å². The van der Waals surface area contributed by atoms with Gasteiger partial charge in [-0.15, -0.1) is 6.42 Å². The summed E-state index contributed by atoms with van der Waals surface area (Å²) in [5.41, 5.74) is 0.378. The number of nitrogens with zero attached hydrogens (tertiary/aromatic N) is 1. The van der Waals surface area contributed by atoms with Crippen molar-refractivity contribution < 1.29 is 34.4 Å². The average Bonchev–Trinajstić information content (AvgIpc) is 2.87. The summed E-state index contributed by atoms with van der Waals surface area (Å²) in [6.07, 6.45) is -0.343. The zero-order chi connectivity index (χ0) is 18.1. The molecular weight excluding hydrogens is 330 g/mol. The van der Waals surface area contributed by atoms with Gasteiger partial charge < -0.3 is 24.8 Å². The molecule has 2 amide bonds. The van der Waals surface area contributed by atoms with Crippen molar-refractivity contribution in [2.45, 2.75) is 30.6 Å². The van der Waals surface area contributed by atoms with Gasteiger partial charge in [0.1, 0.15) is 31.0 Å². The van der Waals surface area contributed by atoms with E-state index in [0.717, 1.165) is 4.90 Å². The second-order valence-corrected chi connectivity index (χ2v) is 5.74. The summed E-state index contributed by atoms with van der Waals surface area (Å²) in [6, 6.07) is 4.92. The SMILES string of the molecule is C#CCO[C@@H]1O[C@H](CO)[C@@H](O)[C@H](O)[C@H]1N1C(=O)c2ccccc2C1=O. The first kappa shape index (κ1) is 17.5. The maximum atomic E-state index is 12.6. The molecule has 0 saturated carbocycles. The lowest BCUT2D eigenvalue weighted by atomic mass is 9.95. The van der Waals surface area contributed by atoms with Crippen molar-refractivity contribution in [1.29, 1.82) is 0 Å². The molecule has 25 heavy (non-hydrogen) atoms. The largest absolute Gasteiger partial charge is 0.394 e. The molecule has 0 bridgehead atoms. The molecule has 0 unspecified atom stereocenters. The highest BCUT2D eigenvalue weighted by atomic mass is 16.7. The van der Waals surface area contributed by atoms with Crippen LogP contribution in [0.1, 0.15) is 20.7 Å². The molecule has 3 N–H and O–H groups in total. The smallest absolute Gasteiger partial charge is 0.262 e. The van der Waals surface area contributed by atoms with Crippen molar-refractivity contribution in [3.8, 4) is 12.3 Å². The molecule has 2 aliphatic heterocycles. The number of hydrogen-bond acceptors (Lipinski definition) is 7. The van der Waals surface area contributed by atoms with Crippen LogP contribution < -0.4 is 0 Å². The Balaban J connectivity index is 1.96. The third kappa shape index (κ3) is 2.82. The molecule has 0 radical (unpaired) electrons. The van der Waals surface area contributed by atoms with Crippen LogP contribution in [-0.2, 0) is 9.47 Å². The molecule has 5 atom stereocenters. The number of fused-ring (bicyclic) bond motifs is 1. The van der Waals surface area contributed by atoms with Crippen LogP contribution in [-0.4, -0.2) is 75.9 Å². The summed E-state index contributed by atoms with van der Waals surface area (Å²) in [5, 5.41) is 29.9. The van der Waals surface area contributed by atoms with Crippen molar-refractivity contribution in [2.75, 3.05) is 13.2 Å². The molecule has 2 heterocycles. The number of carbonyl (C=O) groups is 2. The quantitative estimate of drug-likeness (QED) is 0.460. The van der Waals surface area contributed by atoms with Crippen molar-refractivity contribution in [2.24, 2.45) is 0 Å². The standard InChI is InChI=1S/C17H17NO7/c1-2-7-24-17-12(14(21)13(20)11(8-19)25-17)18-15(22)9-5-3-4-6-10(9)16(18)23/h1,3-6,11-14,17,19-21H,7-8H2/t11-,12-,13-,14-,17-/m1/s1. The van der Waals surface area contributed by atoms with E-state index in [1.165, 1.54) is 12.1 Å². The molecule has 2 aliphatic rings. The van der Waals surface area contributed by atoms with Gasteiger partial charge in [0.25, 0.3) is 11.8 Å². The van der Waals surface area contributed by atoms with E-state index in [0.29, 0.717) is 0 Å². The number of benzene rings is 1. The number of carbonyl (C=O) groups excluding carboxylic acids is 2. The van der Waals surface area contributed by atoms with Gasteiger partial charge in [-0.1, -0.05) is 18.1 Å². The molecule has 1 aromatic rings. The van der Waals surface area contributed by atoms with Gasteiger partial charge in [0.15, 0.2) is 6.29 Å². The second kappa shape index (κ2) is 6.92. The van der Waals surface area contributed by atoms with Gasteiger partial charge in [0.05, 0.1) is 17.7 Å². The Labute approximate surface area is 143 Å². The van der Waals surface area contributed by atoms with Crippen LogP contribution in [0.3, 0.4) is 0 Å². The van der Waals surface area contributed by atoms with Gasteiger partial charge in [0.2, 0.25) is 0 Å². The van der Waals surface area contributed by atoms with Gasteiger partial charge in [0, 0.05) is 0 Å². The molecular formula is C17H17NO7. The number of aliphatic hydroxyl groups is 3. The monoisotopic (exact) mass is 347 g/mol. The Morgan fingerprint density at radius 3 is 2.28 bits per heavy atom. The molecule has 3 rings (SSSR count). The minimum absolute atomic E-state index is 0.189. The molecule has 8 heteroatoms. The molecule has 1 aromatic carbocycles. The highest BCUT2D eigenvalue weighted by Gasteiger charge is 2.53. The number of imide groups is 1. The predicted octanol–water partition coefficient (Wildman–Crippen LogP) is -1.26.